The Labute approximate surface area is 149 Å². The minimum absolute atomic E-state index is 0.256. The maximum atomic E-state index is 10.3. The van der Waals surface area contributed by atoms with Gasteiger partial charge in [-0.3, -0.25) is 4.90 Å². The van der Waals surface area contributed by atoms with E-state index < -0.39 is 6.10 Å². The molecule has 0 spiro atoms. The maximum Gasteiger partial charge on any atom is 0.119 e. The summed E-state index contributed by atoms with van der Waals surface area (Å²) < 4.78 is 16.1. The third kappa shape index (κ3) is 7.13. The number of aliphatic hydroxyl groups excluding tert-OH is 1. The summed E-state index contributed by atoms with van der Waals surface area (Å²) in [5, 5.41) is 10.3. The Kier molecular flexibility index (Phi) is 8.25. The average molecular weight is 345 g/mol. The Morgan fingerprint density at radius 1 is 1.00 bits per heavy atom. The van der Waals surface area contributed by atoms with Crippen LogP contribution in [0, 0.1) is 0 Å². The molecule has 5 nitrogen and oxygen atoms in total. The zero-order chi connectivity index (χ0) is 17.9. The van der Waals surface area contributed by atoms with Crippen molar-refractivity contribution in [3.05, 3.63) is 60.2 Å². The van der Waals surface area contributed by atoms with E-state index in [9.17, 15) is 5.11 Å². The molecule has 5 heteroatoms. The summed E-state index contributed by atoms with van der Waals surface area (Å²) in [4.78, 5) is 2.15. The van der Waals surface area contributed by atoms with E-state index in [0.29, 0.717) is 19.7 Å². The van der Waals surface area contributed by atoms with E-state index in [-0.39, 0.29) is 6.61 Å². The van der Waals surface area contributed by atoms with Gasteiger partial charge in [0.05, 0.1) is 13.7 Å². The topological polar surface area (TPSA) is 51.2 Å². The van der Waals surface area contributed by atoms with Crippen molar-refractivity contribution in [2.24, 2.45) is 0 Å². The summed E-state index contributed by atoms with van der Waals surface area (Å²) >= 11 is 0. The molecule has 0 aliphatic heterocycles. The van der Waals surface area contributed by atoms with Crippen molar-refractivity contribution in [3.63, 3.8) is 0 Å². The van der Waals surface area contributed by atoms with Crippen LogP contribution in [0.5, 0.6) is 11.5 Å². The molecule has 0 aromatic heterocycles. The van der Waals surface area contributed by atoms with Crippen LogP contribution in [0.1, 0.15) is 5.56 Å². The Bertz CT molecular complexity index is 606. The van der Waals surface area contributed by atoms with Crippen molar-refractivity contribution in [1.29, 1.82) is 0 Å². The second kappa shape index (κ2) is 10.7. The van der Waals surface area contributed by atoms with E-state index in [1.807, 2.05) is 48.5 Å². The number of rotatable bonds is 11. The summed E-state index contributed by atoms with van der Waals surface area (Å²) in [6.45, 7) is 2.81. The predicted molar refractivity (Wildman–Crippen MR) is 98.1 cm³/mol. The van der Waals surface area contributed by atoms with E-state index in [4.69, 9.17) is 14.2 Å². The lowest BCUT2D eigenvalue weighted by Crippen LogP contribution is -2.37. The molecule has 2 aromatic rings. The van der Waals surface area contributed by atoms with E-state index in [1.54, 1.807) is 14.2 Å². The molecular formula is C20H27NO4. The first kappa shape index (κ1) is 19.2. The Morgan fingerprint density at radius 2 is 1.76 bits per heavy atom. The maximum absolute atomic E-state index is 10.3. The average Bonchev–Trinajstić information content (AvgIpc) is 2.65. The summed E-state index contributed by atoms with van der Waals surface area (Å²) in [7, 11) is 3.34. The van der Waals surface area contributed by atoms with Gasteiger partial charge < -0.3 is 19.3 Å². The fourth-order valence-electron chi connectivity index (χ4n) is 2.54. The van der Waals surface area contributed by atoms with Crippen molar-refractivity contribution in [3.8, 4) is 11.5 Å². The van der Waals surface area contributed by atoms with Gasteiger partial charge in [-0.05, 0) is 29.8 Å². The van der Waals surface area contributed by atoms with Crippen LogP contribution in [-0.2, 0) is 11.3 Å². The molecule has 2 rings (SSSR count). The third-order valence-corrected chi connectivity index (χ3v) is 3.81. The van der Waals surface area contributed by atoms with Crippen molar-refractivity contribution in [1.82, 2.24) is 4.90 Å². The molecule has 0 aliphatic rings. The molecule has 0 fully saturated rings. The first-order chi connectivity index (χ1) is 12.2. The molecule has 2 aromatic carbocycles. The Morgan fingerprint density at radius 3 is 2.48 bits per heavy atom. The van der Waals surface area contributed by atoms with E-state index in [2.05, 4.69) is 11.0 Å². The van der Waals surface area contributed by atoms with Crippen LogP contribution >= 0.6 is 0 Å². The lowest BCUT2D eigenvalue weighted by Gasteiger charge is -2.25. The molecule has 1 N–H and O–H groups in total. The number of hydrogen-bond acceptors (Lipinski definition) is 5. The van der Waals surface area contributed by atoms with Crippen LogP contribution in [0.15, 0.2) is 54.6 Å². The van der Waals surface area contributed by atoms with Gasteiger partial charge in [0.25, 0.3) is 0 Å². The highest BCUT2D eigenvalue weighted by Crippen LogP contribution is 2.15. The normalized spacial score (nSPS) is 12.2. The molecule has 25 heavy (non-hydrogen) atoms. The van der Waals surface area contributed by atoms with Gasteiger partial charge in [0.1, 0.15) is 24.2 Å². The first-order valence-electron chi connectivity index (χ1n) is 8.41. The SMILES string of the molecule is COCCN(Cc1cccc(OC)c1)C[C@H](O)COc1ccccc1. The minimum atomic E-state index is -0.581. The van der Waals surface area contributed by atoms with Gasteiger partial charge in [-0.15, -0.1) is 0 Å². The summed E-state index contributed by atoms with van der Waals surface area (Å²) in [5.74, 6) is 1.59. The first-order valence-corrected chi connectivity index (χ1v) is 8.41. The largest absolute Gasteiger partial charge is 0.497 e. The second-order valence-electron chi connectivity index (χ2n) is 5.86. The van der Waals surface area contributed by atoms with Crippen LogP contribution in [0.25, 0.3) is 0 Å². The summed E-state index contributed by atoms with van der Waals surface area (Å²) in [6.07, 6.45) is -0.581. The summed E-state index contributed by atoms with van der Waals surface area (Å²) in [5.41, 5.74) is 1.13. The van der Waals surface area contributed by atoms with Crippen LogP contribution in [0.2, 0.25) is 0 Å². The van der Waals surface area contributed by atoms with Gasteiger partial charge >= 0.3 is 0 Å². The lowest BCUT2D eigenvalue weighted by atomic mass is 10.2. The molecule has 0 bridgehead atoms. The molecule has 0 heterocycles. The summed E-state index contributed by atoms with van der Waals surface area (Å²) in [6, 6.07) is 17.5. The fraction of sp³-hybridized carbons (Fsp3) is 0.400. The highest BCUT2D eigenvalue weighted by atomic mass is 16.5. The Balaban J connectivity index is 1.89. The van der Waals surface area contributed by atoms with E-state index in [0.717, 1.165) is 23.6 Å². The number of aliphatic hydroxyl groups is 1. The van der Waals surface area contributed by atoms with Crippen LogP contribution in [-0.4, -0.2) is 56.6 Å². The highest BCUT2D eigenvalue weighted by Gasteiger charge is 2.13. The van der Waals surface area contributed by atoms with Gasteiger partial charge in [0, 0.05) is 26.7 Å². The van der Waals surface area contributed by atoms with E-state index in [1.165, 1.54) is 0 Å². The lowest BCUT2D eigenvalue weighted by molar-refractivity contribution is 0.0542. The Hall–Kier alpha value is -2.08. The number of nitrogens with zero attached hydrogens (tertiary/aromatic N) is 1. The van der Waals surface area contributed by atoms with Gasteiger partial charge in [-0.2, -0.15) is 0 Å². The number of benzene rings is 2. The van der Waals surface area contributed by atoms with Gasteiger partial charge in [0.15, 0.2) is 0 Å². The quantitative estimate of drug-likeness (QED) is 0.678. The highest BCUT2D eigenvalue weighted by molar-refractivity contribution is 5.28. The molecular weight excluding hydrogens is 318 g/mol. The predicted octanol–water partition coefficient (Wildman–Crippen LogP) is 2.58. The van der Waals surface area contributed by atoms with Gasteiger partial charge in [0.2, 0.25) is 0 Å². The number of ether oxygens (including phenoxy) is 3. The van der Waals surface area contributed by atoms with Crippen molar-refractivity contribution < 1.29 is 19.3 Å². The fourth-order valence-corrected chi connectivity index (χ4v) is 2.54. The van der Waals surface area contributed by atoms with Crippen molar-refractivity contribution >= 4 is 0 Å². The van der Waals surface area contributed by atoms with Crippen molar-refractivity contribution in [2.45, 2.75) is 12.6 Å². The van der Waals surface area contributed by atoms with Crippen LogP contribution in [0.4, 0.5) is 0 Å². The van der Waals surface area contributed by atoms with Crippen LogP contribution < -0.4 is 9.47 Å². The molecule has 0 unspecified atom stereocenters. The zero-order valence-corrected chi connectivity index (χ0v) is 14.9. The molecule has 0 radical (unpaired) electrons. The van der Waals surface area contributed by atoms with E-state index >= 15 is 0 Å². The monoisotopic (exact) mass is 345 g/mol. The molecule has 0 aliphatic carbocycles. The molecule has 136 valence electrons. The van der Waals surface area contributed by atoms with Crippen molar-refractivity contribution in [2.75, 3.05) is 40.5 Å². The molecule has 0 saturated carbocycles. The smallest absolute Gasteiger partial charge is 0.119 e. The standard InChI is InChI=1S/C20H27NO4/c1-23-12-11-21(14-17-7-6-10-20(13-17)24-2)15-18(22)16-25-19-8-4-3-5-9-19/h3-10,13,18,22H,11-12,14-16H2,1-2H3/t18-/m0/s1. The van der Waals surface area contributed by atoms with Gasteiger partial charge in [-0.25, -0.2) is 0 Å². The number of para-hydroxylation sites is 1. The number of methoxy groups -OCH3 is 2. The molecule has 1 atom stereocenters. The second-order valence-corrected chi connectivity index (χ2v) is 5.86. The molecule has 0 amide bonds. The molecule has 0 saturated heterocycles. The zero-order valence-electron chi connectivity index (χ0n) is 14.9. The number of hydrogen-bond donors (Lipinski definition) is 1. The minimum Gasteiger partial charge on any atom is -0.497 e. The van der Waals surface area contributed by atoms with Gasteiger partial charge in [-0.1, -0.05) is 30.3 Å². The third-order valence-electron chi connectivity index (χ3n) is 3.81. The van der Waals surface area contributed by atoms with Crippen LogP contribution in [0.3, 0.4) is 0 Å².